The van der Waals surface area contributed by atoms with Crippen molar-refractivity contribution in [1.29, 1.82) is 0 Å². The van der Waals surface area contributed by atoms with E-state index in [1.807, 2.05) is 13.0 Å². The van der Waals surface area contributed by atoms with Crippen molar-refractivity contribution in [3.05, 3.63) is 65.5 Å². The molecule has 1 aromatic carbocycles. The van der Waals surface area contributed by atoms with Crippen molar-refractivity contribution in [2.75, 3.05) is 12.4 Å². The van der Waals surface area contributed by atoms with Crippen LogP contribution in [0.2, 0.25) is 0 Å². The second kappa shape index (κ2) is 8.84. The number of nitrogens with zero attached hydrogens (tertiary/aromatic N) is 3. The minimum Gasteiger partial charge on any atom is -0.481 e. The summed E-state index contributed by atoms with van der Waals surface area (Å²) in [6.07, 6.45) is 7.48. The fraction of sp³-hybridized carbons (Fsp3) is 0.320. The van der Waals surface area contributed by atoms with Gasteiger partial charge in [0.25, 0.3) is 10.0 Å². The summed E-state index contributed by atoms with van der Waals surface area (Å²) in [5.41, 5.74) is 6.50. The number of hydrogen-bond donors (Lipinski definition) is 2. The average Bonchev–Trinajstić information content (AvgIpc) is 3.47. The number of amides is 2. The van der Waals surface area contributed by atoms with Crippen molar-refractivity contribution >= 4 is 21.7 Å². The number of aryl methyl sites for hydroxylation is 2. The molecular formula is C25H27N5O4S. The maximum Gasteiger partial charge on any atom is 0.333 e. The van der Waals surface area contributed by atoms with E-state index >= 15 is 0 Å². The van der Waals surface area contributed by atoms with Crippen molar-refractivity contribution in [2.45, 2.75) is 50.1 Å². The van der Waals surface area contributed by atoms with Crippen LogP contribution >= 0.6 is 0 Å². The average molecular weight is 494 g/mol. The second-order valence-corrected chi connectivity index (χ2v) is 10.7. The first kappa shape index (κ1) is 23.1. The van der Waals surface area contributed by atoms with Crippen molar-refractivity contribution in [3.63, 3.8) is 0 Å². The van der Waals surface area contributed by atoms with Crippen LogP contribution in [0.3, 0.4) is 0 Å². The Kier molecular flexibility index (Phi) is 5.84. The van der Waals surface area contributed by atoms with Crippen LogP contribution in [0, 0.1) is 6.92 Å². The number of carbonyl (C=O) groups excluding carboxylic acids is 1. The van der Waals surface area contributed by atoms with E-state index < -0.39 is 16.1 Å². The highest BCUT2D eigenvalue weighted by Gasteiger charge is 2.28. The van der Waals surface area contributed by atoms with Crippen molar-refractivity contribution in [1.82, 2.24) is 19.5 Å². The van der Waals surface area contributed by atoms with Gasteiger partial charge < -0.3 is 10.1 Å². The molecule has 0 saturated heterocycles. The third kappa shape index (κ3) is 4.41. The summed E-state index contributed by atoms with van der Waals surface area (Å²) >= 11 is 0. The highest BCUT2D eigenvalue weighted by molar-refractivity contribution is 7.90. The van der Waals surface area contributed by atoms with Crippen LogP contribution in [-0.4, -0.2) is 36.3 Å². The summed E-state index contributed by atoms with van der Waals surface area (Å²) in [6, 6.07) is 6.44. The number of anilines is 1. The largest absolute Gasteiger partial charge is 0.481 e. The van der Waals surface area contributed by atoms with E-state index in [-0.39, 0.29) is 11.1 Å². The number of urea groups is 1. The number of pyridine rings is 1. The van der Waals surface area contributed by atoms with E-state index in [4.69, 9.17) is 4.74 Å². The molecule has 2 aliphatic rings. The minimum atomic E-state index is -4.15. The van der Waals surface area contributed by atoms with Gasteiger partial charge >= 0.3 is 6.03 Å². The minimum absolute atomic E-state index is 0.107. The maximum absolute atomic E-state index is 13.0. The maximum atomic E-state index is 13.0. The number of rotatable bonds is 6. The number of sulfonamides is 1. The molecule has 0 radical (unpaired) electrons. The van der Waals surface area contributed by atoms with Gasteiger partial charge in [-0.2, -0.15) is 13.5 Å². The van der Waals surface area contributed by atoms with Crippen LogP contribution in [0.4, 0.5) is 10.5 Å². The monoisotopic (exact) mass is 493 g/mol. The molecule has 2 aromatic heterocycles. The van der Waals surface area contributed by atoms with Crippen molar-refractivity contribution in [3.8, 4) is 17.0 Å². The van der Waals surface area contributed by atoms with Gasteiger partial charge in [-0.05, 0) is 73.4 Å². The molecule has 0 aliphatic heterocycles. The number of aromatic nitrogens is 3. The molecule has 2 N–H and O–H groups in total. The molecule has 9 nitrogen and oxygen atoms in total. The quantitative estimate of drug-likeness (QED) is 0.499. The highest BCUT2D eigenvalue weighted by atomic mass is 32.2. The first-order chi connectivity index (χ1) is 16.7. The third-order valence-electron chi connectivity index (χ3n) is 6.58. The van der Waals surface area contributed by atoms with Crippen LogP contribution in [0.25, 0.3) is 11.1 Å². The predicted octanol–water partition coefficient (Wildman–Crippen LogP) is 4.15. The van der Waals surface area contributed by atoms with Crippen LogP contribution in [0.5, 0.6) is 5.88 Å². The number of methoxy groups -OCH3 is 1. The van der Waals surface area contributed by atoms with Crippen LogP contribution < -0.4 is 14.8 Å². The van der Waals surface area contributed by atoms with Crippen molar-refractivity contribution in [2.24, 2.45) is 0 Å². The molecule has 10 heteroatoms. The van der Waals surface area contributed by atoms with Crippen LogP contribution in [-0.2, 0) is 22.9 Å². The molecule has 2 heterocycles. The Bertz CT molecular complexity index is 1440. The standard InChI is InChI=1S/C25H27N5O4S/c1-15-11-19(12-15)30-10-8-22(28-30)35(32,33)29-25(31)27-24-20-6-4-5-17(20)13-16(2)23(24)18-7-9-26-21(14-18)34-3/h7-10,13-14,19H,1,4-6,11-12H2,2-3H3,(H2,27,29,31). The molecular weight excluding hydrogens is 466 g/mol. The van der Waals surface area contributed by atoms with Gasteiger partial charge in [0, 0.05) is 24.0 Å². The summed E-state index contributed by atoms with van der Waals surface area (Å²) in [7, 11) is -2.61. The molecule has 5 rings (SSSR count). The van der Waals surface area contributed by atoms with E-state index in [2.05, 4.69) is 32.8 Å². The smallest absolute Gasteiger partial charge is 0.333 e. The first-order valence-corrected chi connectivity index (χ1v) is 12.9. The normalized spacial score (nSPS) is 15.4. The van der Waals surface area contributed by atoms with Gasteiger partial charge in [-0.25, -0.2) is 14.5 Å². The fourth-order valence-electron chi connectivity index (χ4n) is 4.85. The molecule has 0 unspecified atom stereocenters. The van der Waals surface area contributed by atoms with Gasteiger partial charge in [-0.3, -0.25) is 4.68 Å². The molecule has 0 spiro atoms. The number of carbonyl (C=O) groups is 1. The summed E-state index contributed by atoms with van der Waals surface area (Å²) in [4.78, 5) is 17.2. The molecule has 1 saturated carbocycles. The zero-order valence-electron chi connectivity index (χ0n) is 19.7. The molecule has 0 bridgehead atoms. The Morgan fingerprint density at radius 1 is 1.23 bits per heavy atom. The summed E-state index contributed by atoms with van der Waals surface area (Å²) in [5, 5.41) is 6.82. The number of nitrogens with one attached hydrogen (secondary N) is 2. The second-order valence-electron chi connectivity index (χ2n) is 9.03. The zero-order valence-corrected chi connectivity index (χ0v) is 20.5. The van der Waals surface area contributed by atoms with Crippen LogP contribution in [0.15, 0.2) is 53.8 Å². The SMILES string of the molecule is C=C1CC(n2ccc(S(=O)(=O)NC(=O)Nc3c4c(cc(C)c3-c3ccnc(OC)c3)CCC4)n2)C1. The topological polar surface area (TPSA) is 115 Å². The molecule has 35 heavy (non-hydrogen) atoms. The van der Waals surface area contributed by atoms with Gasteiger partial charge in [0.05, 0.1) is 18.8 Å². The lowest BCUT2D eigenvalue weighted by molar-refractivity contribution is 0.256. The summed E-state index contributed by atoms with van der Waals surface area (Å²) < 4.78 is 34.8. The van der Waals surface area contributed by atoms with Crippen LogP contribution in [0.1, 0.15) is 42.0 Å². The molecule has 3 aromatic rings. The third-order valence-corrected chi connectivity index (χ3v) is 7.80. The Labute approximate surface area is 204 Å². The van der Waals surface area contributed by atoms with E-state index in [1.54, 1.807) is 30.3 Å². The van der Waals surface area contributed by atoms with Gasteiger partial charge in [-0.1, -0.05) is 18.2 Å². The van der Waals surface area contributed by atoms with E-state index in [0.717, 1.165) is 65.5 Å². The lowest BCUT2D eigenvalue weighted by atomic mass is 9.88. The number of benzene rings is 1. The Balaban J connectivity index is 1.43. The summed E-state index contributed by atoms with van der Waals surface area (Å²) in [5.74, 6) is 0.450. The molecule has 0 atom stereocenters. The predicted molar refractivity (Wildman–Crippen MR) is 132 cm³/mol. The highest BCUT2D eigenvalue weighted by Crippen LogP contribution is 2.41. The fourth-order valence-corrected chi connectivity index (χ4v) is 5.70. The Hall–Kier alpha value is -3.66. The van der Waals surface area contributed by atoms with Gasteiger partial charge in [0.15, 0.2) is 5.03 Å². The molecule has 2 aliphatic carbocycles. The Morgan fingerprint density at radius 2 is 2.03 bits per heavy atom. The number of hydrogen-bond acceptors (Lipinski definition) is 6. The number of fused-ring (bicyclic) bond motifs is 1. The van der Waals surface area contributed by atoms with E-state index in [1.165, 1.54) is 6.07 Å². The van der Waals surface area contributed by atoms with Gasteiger partial charge in [0.2, 0.25) is 5.88 Å². The van der Waals surface area contributed by atoms with Gasteiger partial charge in [0.1, 0.15) is 0 Å². The lowest BCUT2D eigenvalue weighted by Gasteiger charge is -2.28. The number of allylic oxidation sites excluding steroid dienone is 1. The lowest BCUT2D eigenvalue weighted by Crippen LogP contribution is -2.35. The first-order valence-electron chi connectivity index (χ1n) is 11.5. The molecule has 1 fully saturated rings. The molecule has 182 valence electrons. The van der Waals surface area contributed by atoms with E-state index in [0.29, 0.717) is 11.6 Å². The van der Waals surface area contributed by atoms with E-state index in [9.17, 15) is 13.2 Å². The zero-order chi connectivity index (χ0) is 24.7. The molecule has 2 amide bonds. The Morgan fingerprint density at radius 3 is 2.77 bits per heavy atom. The summed E-state index contributed by atoms with van der Waals surface area (Å²) in [6.45, 7) is 5.88. The van der Waals surface area contributed by atoms with Crippen molar-refractivity contribution < 1.29 is 17.9 Å². The number of ether oxygens (including phenoxy) is 1. The van der Waals surface area contributed by atoms with Gasteiger partial charge in [-0.15, -0.1) is 0 Å².